The highest BCUT2D eigenvalue weighted by Gasteiger charge is 2.07. The summed E-state index contributed by atoms with van der Waals surface area (Å²) in [6.07, 6.45) is 3.77. The van der Waals surface area contributed by atoms with Gasteiger partial charge in [-0.25, -0.2) is 4.98 Å². The van der Waals surface area contributed by atoms with Gasteiger partial charge in [-0.05, 0) is 32.9 Å². The van der Waals surface area contributed by atoms with Gasteiger partial charge in [-0.3, -0.25) is 0 Å². The Morgan fingerprint density at radius 2 is 2.05 bits per heavy atom. The number of aryl methyl sites for hydroxylation is 2. The molecule has 0 bridgehead atoms. The topological polar surface area (TPSA) is 39.1 Å². The Morgan fingerprint density at radius 3 is 2.74 bits per heavy atom. The van der Waals surface area contributed by atoms with Gasteiger partial charge >= 0.3 is 0 Å². The van der Waals surface area contributed by atoms with Gasteiger partial charge < -0.3 is 14.6 Å². The number of nitrogens with one attached hydrogen (secondary N) is 1. The summed E-state index contributed by atoms with van der Waals surface area (Å²) in [6.45, 7) is 7.77. The summed E-state index contributed by atoms with van der Waals surface area (Å²) in [5.41, 5.74) is 1.24. The monoisotopic (exact) mass is 259 g/mol. The minimum atomic E-state index is 0.203. The minimum Gasteiger partial charge on any atom is -0.491 e. The number of ether oxygens (including phenoxy) is 1. The summed E-state index contributed by atoms with van der Waals surface area (Å²) in [4.78, 5) is 4.29. The molecule has 1 atom stereocenters. The standard InChI is InChI=1S/C15H21N3O/c1-4-18-10-9-16-15(18)17-13(3)11-19-14-7-5-12(2)6-8-14/h5-10,13H,4,11H2,1-3H3,(H,16,17). The van der Waals surface area contributed by atoms with Gasteiger partial charge in [0, 0.05) is 18.9 Å². The number of benzene rings is 1. The first-order valence-electron chi connectivity index (χ1n) is 6.66. The number of aromatic nitrogens is 2. The van der Waals surface area contributed by atoms with Crippen LogP contribution in [0.3, 0.4) is 0 Å². The van der Waals surface area contributed by atoms with Gasteiger partial charge in [0.25, 0.3) is 0 Å². The summed E-state index contributed by atoms with van der Waals surface area (Å²) in [5.74, 6) is 1.79. The van der Waals surface area contributed by atoms with E-state index >= 15 is 0 Å². The molecule has 2 rings (SSSR count). The maximum absolute atomic E-state index is 5.75. The van der Waals surface area contributed by atoms with Crippen LogP contribution in [-0.2, 0) is 6.54 Å². The van der Waals surface area contributed by atoms with Crippen molar-refractivity contribution in [3.05, 3.63) is 42.2 Å². The Labute approximate surface area is 114 Å². The van der Waals surface area contributed by atoms with Crippen LogP contribution < -0.4 is 10.1 Å². The fourth-order valence-electron chi connectivity index (χ4n) is 1.82. The van der Waals surface area contributed by atoms with E-state index in [1.165, 1.54) is 5.56 Å². The summed E-state index contributed by atoms with van der Waals surface area (Å²) in [6, 6.07) is 8.30. The fraction of sp³-hybridized carbons (Fsp3) is 0.400. The molecule has 2 aromatic rings. The number of hydrogen-bond acceptors (Lipinski definition) is 3. The third-order valence-electron chi connectivity index (χ3n) is 2.95. The lowest BCUT2D eigenvalue weighted by molar-refractivity contribution is 0.303. The quantitative estimate of drug-likeness (QED) is 0.866. The Morgan fingerprint density at radius 1 is 1.32 bits per heavy atom. The number of anilines is 1. The van der Waals surface area contributed by atoms with Crippen LogP contribution in [0.4, 0.5) is 5.95 Å². The van der Waals surface area contributed by atoms with Crippen molar-refractivity contribution < 1.29 is 4.74 Å². The molecular weight excluding hydrogens is 238 g/mol. The molecule has 19 heavy (non-hydrogen) atoms. The van der Waals surface area contributed by atoms with Gasteiger partial charge in [-0.2, -0.15) is 0 Å². The smallest absolute Gasteiger partial charge is 0.203 e. The minimum absolute atomic E-state index is 0.203. The van der Waals surface area contributed by atoms with Crippen LogP contribution in [-0.4, -0.2) is 22.2 Å². The number of imidazole rings is 1. The van der Waals surface area contributed by atoms with Crippen molar-refractivity contribution in [2.45, 2.75) is 33.4 Å². The van der Waals surface area contributed by atoms with Gasteiger partial charge in [-0.1, -0.05) is 17.7 Å². The van der Waals surface area contributed by atoms with Crippen LogP contribution in [0.15, 0.2) is 36.7 Å². The molecule has 0 fully saturated rings. The van der Waals surface area contributed by atoms with Crippen molar-refractivity contribution in [3.63, 3.8) is 0 Å². The van der Waals surface area contributed by atoms with Gasteiger partial charge in [-0.15, -0.1) is 0 Å². The third kappa shape index (κ3) is 3.74. The summed E-state index contributed by atoms with van der Waals surface area (Å²) in [7, 11) is 0. The first-order chi connectivity index (χ1) is 9.19. The molecule has 0 saturated heterocycles. The maximum Gasteiger partial charge on any atom is 0.203 e. The van der Waals surface area contributed by atoms with E-state index in [0.717, 1.165) is 18.2 Å². The van der Waals surface area contributed by atoms with E-state index in [9.17, 15) is 0 Å². The van der Waals surface area contributed by atoms with E-state index in [-0.39, 0.29) is 6.04 Å². The van der Waals surface area contributed by atoms with Crippen LogP contribution in [0.2, 0.25) is 0 Å². The maximum atomic E-state index is 5.75. The molecule has 4 heteroatoms. The largest absolute Gasteiger partial charge is 0.491 e. The second kappa shape index (κ2) is 6.27. The van der Waals surface area contributed by atoms with Gasteiger partial charge in [0.1, 0.15) is 12.4 Å². The van der Waals surface area contributed by atoms with E-state index in [1.807, 2.05) is 18.3 Å². The zero-order chi connectivity index (χ0) is 13.7. The van der Waals surface area contributed by atoms with Crippen LogP contribution >= 0.6 is 0 Å². The molecule has 1 heterocycles. The van der Waals surface area contributed by atoms with Crippen LogP contribution in [0.5, 0.6) is 5.75 Å². The highest BCUT2D eigenvalue weighted by molar-refractivity contribution is 5.28. The van der Waals surface area contributed by atoms with E-state index in [1.54, 1.807) is 6.20 Å². The molecule has 0 radical (unpaired) electrons. The molecule has 0 aliphatic carbocycles. The molecule has 0 amide bonds. The highest BCUT2D eigenvalue weighted by Crippen LogP contribution is 2.12. The predicted octanol–water partition coefficient (Wildman–Crippen LogP) is 3.09. The predicted molar refractivity (Wildman–Crippen MR) is 77.7 cm³/mol. The highest BCUT2D eigenvalue weighted by atomic mass is 16.5. The number of nitrogens with zero attached hydrogens (tertiary/aromatic N) is 2. The first-order valence-corrected chi connectivity index (χ1v) is 6.66. The molecule has 1 N–H and O–H groups in total. The van der Waals surface area contributed by atoms with Crippen molar-refractivity contribution in [2.24, 2.45) is 0 Å². The van der Waals surface area contributed by atoms with Crippen molar-refractivity contribution in [1.82, 2.24) is 9.55 Å². The van der Waals surface area contributed by atoms with Gasteiger partial charge in [0.15, 0.2) is 0 Å². The lowest BCUT2D eigenvalue weighted by Crippen LogP contribution is -2.25. The zero-order valence-electron chi connectivity index (χ0n) is 11.8. The Bertz CT molecular complexity index is 504. The molecule has 1 aromatic carbocycles. The number of rotatable bonds is 6. The van der Waals surface area contributed by atoms with Crippen molar-refractivity contribution >= 4 is 5.95 Å². The Hall–Kier alpha value is -1.97. The fourth-order valence-corrected chi connectivity index (χ4v) is 1.82. The van der Waals surface area contributed by atoms with Gasteiger partial charge in [0.05, 0.1) is 6.04 Å². The van der Waals surface area contributed by atoms with Crippen molar-refractivity contribution in [1.29, 1.82) is 0 Å². The van der Waals surface area contributed by atoms with E-state index in [0.29, 0.717) is 6.61 Å². The summed E-state index contributed by atoms with van der Waals surface area (Å²) >= 11 is 0. The van der Waals surface area contributed by atoms with Gasteiger partial charge in [0.2, 0.25) is 5.95 Å². The molecule has 0 saturated carbocycles. The average Bonchev–Trinajstić information content (AvgIpc) is 2.85. The number of hydrogen-bond donors (Lipinski definition) is 1. The summed E-state index contributed by atoms with van der Waals surface area (Å²) < 4.78 is 7.82. The van der Waals surface area contributed by atoms with Crippen molar-refractivity contribution in [3.8, 4) is 5.75 Å². The molecule has 1 aromatic heterocycles. The Kier molecular flexibility index (Phi) is 4.44. The second-order valence-electron chi connectivity index (χ2n) is 4.71. The SMILES string of the molecule is CCn1ccnc1NC(C)COc1ccc(C)cc1. The molecule has 4 nitrogen and oxygen atoms in total. The third-order valence-corrected chi connectivity index (χ3v) is 2.95. The second-order valence-corrected chi connectivity index (χ2v) is 4.71. The van der Waals surface area contributed by atoms with Crippen molar-refractivity contribution in [2.75, 3.05) is 11.9 Å². The van der Waals surface area contributed by atoms with Crippen LogP contribution in [0.25, 0.3) is 0 Å². The molecule has 0 aliphatic heterocycles. The summed E-state index contributed by atoms with van der Waals surface area (Å²) in [5, 5.41) is 3.35. The molecule has 1 unspecified atom stereocenters. The molecule has 0 spiro atoms. The lowest BCUT2D eigenvalue weighted by Gasteiger charge is -2.16. The lowest BCUT2D eigenvalue weighted by atomic mass is 10.2. The van der Waals surface area contributed by atoms with E-state index in [2.05, 4.69) is 47.8 Å². The molecule has 102 valence electrons. The van der Waals surface area contributed by atoms with E-state index < -0.39 is 0 Å². The molecular formula is C15H21N3O. The molecule has 0 aliphatic rings. The first kappa shape index (κ1) is 13.5. The van der Waals surface area contributed by atoms with E-state index in [4.69, 9.17) is 4.74 Å². The normalized spacial score (nSPS) is 12.2. The van der Waals surface area contributed by atoms with Crippen LogP contribution in [0.1, 0.15) is 19.4 Å². The Balaban J connectivity index is 1.84. The zero-order valence-corrected chi connectivity index (χ0v) is 11.8. The average molecular weight is 259 g/mol. The van der Waals surface area contributed by atoms with Crippen LogP contribution in [0, 0.1) is 6.92 Å².